The van der Waals surface area contributed by atoms with Crippen LogP contribution in [0.2, 0.25) is 0 Å². The van der Waals surface area contributed by atoms with Crippen molar-refractivity contribution in [2.45, 2.75) is 77.0 Å². The Morgan fingerprint density at radius 3 is 2.53 bits per heavy atom. The van der Waals surface area contributed by atoms with Gasteiger partial charge in [0.15, 0.2) is 6.10 Å². The molecule has 1 heterocycles. The Labute approximate surface area is 176 Å². The first-order chi connectivity index (χ1) is 14.4. The number of H-pyrrole nitrogens is 1. The molecule has 0 saturated heterocycles. The Bertz CT molecular complexity index is 883. The fourth-order valence-electron chi connectivity index (χ4n) is 4.01. The maximum Gasteiger partial charge on any atom is 0.329 e. The van der Waals surface area contributed by atoms with Crippen LogP contribution in [0.15, 0.2) is 30.5 Å². The predicted molar refractivity (Wildman–Crippen MR) is 115 cm³/mol. The average molecular weight is 414 g/mol. The fraction of sp³-hybridized carbons (Fsp3) is 0.522. The van der Waals surface area contributed by atoms with E-state index in [4.69, 9.17) is 4.74 Å². The molecule has 0 radical (unpaired) electrons. The van der Waals surface area contributed by atoms with Gasteiger partial charge in [0.25, 0.3) is 5.91 Å². The first-order valence-corrected chi connectivity index (χ1v) is 10.8. The van der Waals surface area contributed by atoms with Crippen LogP contribution in [0.1, 0.15) is 57.9 Å². The van der Waals surface area contributed by atoms with E-state index >= 15 is 0 Å². The van der Waals surface area contributed by atoms with Gasteiger partial charge in [-0.3, -0.25) is 9.59 Å². The Morgan fingerprint density at radius 1 is 1.13 bits per heavy atom. The van der Waals surface area contributed by atoms with Crippen LogP contribution in [-0.2, 0) is 25.5 Å². The van der Waals surface area contributed by atoms with E-state index in [1.54, 1.807) is 6.92 Å². The zero-order chi connectivity index (χ0) is 21.5. The number of hydrogen-bond acceptors (Lipinski definition) is 4. The van der Waals surface area contributed by atoms with Crippen molar-refractivity contribution in [2.75, 3.05) is 0 Å². The molecule has 1 aliphatic carbocycles. The minimum absolute atomic E-state index is 0.138. The number of fused-ring (bicyclic) bond motifs is 1. The average Bonchev–Trinajstić information content (AvgIpc) is 2.93. The first-order valence-electron chi connectivity index (χ1n) is 10.8. The van der Waals surface area contributed by atoms with E-state index in [2.05, 4.69) is 15.6 Å². The molecule has 162 valence electrons. The third kappa shape index (κ3) is 5.84. The van der Waals surface area contributed by atoms with E-state index in [-0.39, 0.29) is 24.3 Å². The summed E-state index contributed by atoms with van der Waals surface area (Å²) >= 11 is 0. The molecule has 0 spiro atoms. The van der Waals surface area contributed by atoms with Crippen LogP contribution in [0.3, 0.4) is 0 Å². The number of carbonyl (C=O) groups is 3. The van der Waals surface area contributed by atoms with Crippen LogP contribution in [0, 0.1) is 0 Å². The summed E-state index contributed by atoms with van der Waals surface area (Å²) in [6.45, 7) is 2.93. The Balaban J connectivity index is 1.62. The topological polar surface area (TPSA) is 100 Å². The van der Waals surface area contributed by atoms with Crippen LogP contribution >= 0.6 is 0 Å². The lowest BCUT2D eigenvalue weighted by atomic mass is 10.0. The van der Waals surface area contributed by atoms with Gasteiger partial charge in [0, 0.05) is 36.5 Å². The number of esters is 1. The molecular weight excluding hydrogens is 382 g/mol. The smallest absolute Gasteiger partial charge is 0.329 e. The Kier molecular flexibility index (Phi) is 7.49. The molecule has 1 aromatic heterocycles. The van der Waals surface area contributed by atoms with Gasteiger partial charge in [0.1, 0.15) is 6.04 Å². The summed E-state index contributed by atoms with van der Waals surface area (Å²) in [5.74, 6) is -1.23. The molecule has 2 atom stereocenters. The molecule has 0 unspecified atom stereocenters. The number of ether oxygens (including phenoxy) is 1. The predicted octanol–water partition coefficient (Wildman–Crippen LogP) is 2.99. The van der Waals surface area contributed by atoms with E-state index in [1.807, 2.05) is 30.5 Å². The van der Waals surface area contributed by atoms with Gasteiger partial charge in [-0.2, -0.15) is 0 Å². The summed E-state index contributed by atoms with van der Waals surface area (Å²) in [7, 11) is 0. The number of benzene rings is 1. The first kappa shape index (κ1) is 21.9. The number of aromatic nitrogens is 1. The molecule has 3 N–H and O–H groups in total. The highest BCUT2D eigenvalue weighted by Gasteiger charge is 2.28. The summed E-state index contributed by atoms with van der Waals surface area (Å²) in [6, 6.07) is 7.03. The molecule has 2 aromatic rings. The second-order valence-electron chi connectivity index (χ2n) is 8.09. The van der Waals surface area contributed by atoms with E-state index in [1.165, 1.54) is 19.8 Å². The van der Waals surface area contributed by atoms with E-state index in [0.29, 0.717) is 0 Å². The molecule has 0 aliphatic heterocycles. The second-order valence-corrected chi connectivity index (χ2v) is 8.09. The van der Waals surface area contributed by atoms with Crippen molar-refractivity contribution in [3.8, 4) is 0 Å². The number of amides is 2. The number of carbonyl (C=O) groups excluding carboxylic acids is 3. The third-order valence-electron chi connectivity index (χ3n) is 5.62. The molecular formula is C23H31N3O4. The standard InChI is InChI=1S/C23H31N3O4/c1-15(22(28)26-18-9-5-3-4-6-10-18)30-23(29)21(25-16(2)27)13-17-14-24-20-12-8-7-11-19(17)20/h7-8,11-12,14-15,18,21,24H,3-6,9-10,13H2,1-2H3,(H,25,27)(H,26,28)/t15-,21+/m1/s1. The molecule has 7 nitrogen and oxygen atoms in total. The summed E-state index contributed by atoms with van der Waals surface area (Å²) in [4.78, 5) is 40.1. The lowest BCUT2D eigenvalue weighted by Gasteiger charge is -2.22. The van der Waals surface area contributed by atoms with Gasteiger partial charge in [-0.25, -0.2) is 4.79 Å². The number of rotatable bonds is 7. The zero-order valence-electron chi connectivity index (χ0n) is 17.7. The van der Waals surface area contributed by atoms with Crippen molar-refractivity contribution < 1.29 is 19.1 Å². The van der Waals surface area contributed by atoms with Crippen LogP contribution < -0.4 is 10.6 Å². The molecule has 1 aliphatic rings. The molecule has 1 aromatic carbocycles. The largest absolute Gasteiger partial charge is 0.451 e. The van der Waals surface area contributed by atoms with E-state index < -0.39 is 18.1 Å². The highest BCUT2D eigenvalue weighted by atomic mass is 16.5. The minimum atomic E-state index is -0.917. The SMILES string of the molecule is CC(=O)N[C@@H](Cc1c[nH]c2ccccc12)C(=O)O[C@H](C)C(=O)NC1CCCCCC1. The number of aromatic amines is 1. The number of hydrogen-bond donors (Lipinski definition) is 3. The number of para-hydroxylation sites is 1. The third-order valence-corrected chi connectivity index (χ3v) is 5.62. The van der Waals surface area contributed by atoms with E-state index in [9.17, 15) is 14.4 Å². The molecule has 2 amide bonds. The van der Waals surface area contributed by atoms with Crippen molar-refractivity contribution in [3.05, 3.63) is 36.0 Å². The molecule has 7 heteroatoms. The van der Waals surface area contributed by atoms with Gasteiger partial charge in [-0.15, -0.1) is 0 Å². The van der Waals surface area contributed by atoms with Crippen LogP contribution in [-0.4, -0.2) is 41.0 Å². The molecule has 30 heavy (non-hydrogen) atoms. The van der Waals surface area contributed by atoms with Crippen molar-refractivity contribution in [1.82, 2.24) is 15.6 Å². The van der Waals surface area contributed by atoms with Gasteiger partial charge in [0.05, 0.1) is 0 Å². The zero-order valence-corrected chi connectivity index (χ0v) is 17.7. The Morgan fingerprint density at radius 2 is 1.83 bits per heavy atom. The van der Waals surface area contributed by atoms with E-state index in [0.717, 1.165) is 42.1 Å². The van der Waals surface area contributed by atoms with Gasteiger partial charge >= 0.3 is 5.97 Å². The molecule has 1 saturated carbocycles. The van der Waals surface area contributed by atoms with Crippen LogP contribution in [0.25, 0.3) is 10.9 Å². The quantitative estimate of drug-likeness (QED) is 0.480. The van der Waals surface area contributed by atoms with Gasteiger partial charge in [-0.05, 0) is 31.4 Å². The minimum Gasteiger partial charge on any atom is -0.451 e. The molecule has 0 bridgehead atoms. The van der Waals surface area contributed by atoms with Crippen molar-refractivity contribution in [1.29, 1.82) is 0 Å². The summed E-state index contributed by atoms with van der Waals surface area (Å²) in [6.07, 6.45) is 7.71. The number of nitrogens with one attached hydrogen (secondary N) is 3. The van der Waals surface area contributed by atoms with Gasteiger partial charge in [-0.1, -0.05) is 43.9 Å². The van der Waals surface area contributed by atoms with Gasteiger partial charge in [0.2, 0.25) is 5.91 Å². The highest BCUT2D eigenvalue weighted by Crippen LogP contribution is 2.20. The lowest BCUT2D eigenvalue weighted by molar-refractivity contribution is -0.157. The van der Waals surface area contributed by atoms with Gasteiger partial charge < -0.3 is 20.4 Å². The fourth-order valence-corrected chi connectivity index (χ4v) is 4.01. The molecule has 1 fully saturated rings. The Hall–Kier alpha value is -2.83. The van der Waals surface area contributed by atoms with Crippen molar-refractivity contribution >= 4 is 28.7 Å². The van der Waals surface area contributed by atoms with Crippen LogP contribution in [0.4, 0.5) is 0 Å². The lowest BCUT2D eigenvalue weighted by Crippen LogP contribution is -2.47. The maximum absolute atomic E-state index is 12.8. The monoisotopic (exact) mass is 413 g/mol. The normalized spacial score (nSPS) is 17.0. The maximum atomic E-state index is 12.8. The van der Waals surface area contributed by atoms with Crippen molar-refractivity contribution in [3.63, 3.8) is 0 Å². The van der Waals surface area contributed by atoms with Crippen LogP contribution in [0.5, 0.6) is 0 Å². The summed E-state index contributed by atoms with van der Waals surface area (Å²) in [5, 5.41) is 6.65. The second kappa shape index (κ2) is 10.3. The summed E-state index contributed by atoms with van der Waals surface area (Å²) < 4.78 is 5.43. The van der Waals surface area contributed by atoms with Crippen molar-refractivity contribution in [2.24, 2.45) is 0 Å². The highest BCUT2D eigenvalue weighted by molar-refractivity contribution is 5.89. The summed E-state index contributed by atoms with van der Waals surface area (Å²) in [5.41, 5.74) is 1.86. The molecule has 3 rings (SSSR count).